The lowest BCUT2D eigenvalue weighted by molar-refractivity contribution is 0.0996. The van der Waals surface area contributed by atoms with Gasteiger partial charge in [-0.05, 0) is 35.2 Å². The molecular weight excluding hydrogens is 286 g/mol. The maximum atomic E-state index is 11.4. The number of hydrogen-bond donors (Lipinski definition) is 1. The average Bonchev–Trinajstić information content (AvgIpc) is 2.46. The molecule has 0 spiro atoms. The minimum Gasteiger partial charge on any atom is -0.488 e. The summed E-state index contributed by atoms with van der Waals surface area (Å²) in [5, 5.41) is 0.456. The van der Waals surface area contributed by atoms with Gasteiger partial charge in [-0.3, -0.25) is 4.79 Å². The third kappa shape index (κ3) is 3.99. The monoisotopic (exact) mass is 303 g/mol. The fourth-order valence-corrected chi connectivity index (χ4v) is 2.15. The van der Waals surface area contributed by atoms with E-state index in [-0.39, 0.29) is 0 Å². The third-order valence-corrected chi connectivity index (χ3v) is 3.48. The second-order valence-electron chi connectivity index (χ2n) is 5.19. The van der Waals surface area contributed by atoms with Crippen molar-refractivity contribution in [2.75, 3.05) is 0 Å². The van der Waals surface area contributed by atoms with Gasteiger partial charge in [0.2, 0.25) is 0 Å². The van der Waals surface area contributed by atoms with Crippen LogP contribution in [0, 0.1) is 0 Å². The van der Waals surface area contributed by atoms with Gasteiger partial charge >= 0.3 is 0 Å². The van der Waals surface area contributed by atoms with Crippen LogP contribution >= 0.6 is 11.6 Å². The zero-order valence-electron chi connectivity index (χ0n) is 12.1. The number of hydrogen-bond acceptors (Lipinski definition) is 2. The van der Waals surface area contributed by atoms with Crippen LogP contribution in [0.2, 0.25) is 5.02 Å². The SMILES string of the molecule is CC(C)c1ccc(COc2ccc(Cl)cc2C(N)=O)cc1. The number of carbonyl (C=O) groups excluding carboxylic acids is 1. The summed E-state index contributed by atoms with van der Waals surface area (Å²) >= 11 is 5.86. The van der Waals surface area contributed by atoms with E-state index in [1.807, 2.05) is 12.1 Å². The predicted molar refractivity (Wildman–Crippen MR) is 84.8 cm³/mol. The first-order valence-electron chi connectivity index (χ1n) is 6.78. The van der Waals surface area contributed by atoms with Crippen molar-refractivity contribution in [1.29, 1.82) is 0 Å². The molecule has 21 heavy (non-hydrogen) atoms. The number of carbonyl (C=O) groups is 1. The van der Waals surface area contributed by atoms with Crippen molar-refractivity contribution in [3.8, 4) is 5.75 Å². The minimum absolute atomic E-state index is 0.293. The number of rotatable bonds is 5. The highest BCUT2D eigenvalue weighted by Gasteiger charge is 2.10. The molecule has 4 heteroatoms. The van der Waals surface area contributed by atoms with Crippen molar-refractivity contribution in [2.45, 2.75) is 26.4 Å². The Morgan fingerprint density at radius 2 is 1.86 bits per heavy atom. The quantitative estimate of drug-likeness (QED) is 0.902. The molecule has 2 aromatic rings. The van der Waals surface area contributed by atoms with Crippen LogP contribution in [0.3, 0.4) is 0 Å². The fraction of sp³-hybridized carbons (Fsp3) is 0.235. The third-order valence-electron chi connectivity index (χ3n) is 3.25. The lowest BCUT2D eigenvalue weighted by Gasteiger charge is -2.11. The average molecular weight is 304 g/mol. The number of amides is 1. The molecule has 0 fully saturated rings. The van der Waals surface area contributed by atoms with Crippen molar-refractivity contribution < 1.29 is 9.53 Å². The Morgan fingerprint density at radius 3 is 2.43 bits per heavy atom. The van der Waals surface area contributed by atoms with Crippen molar-refractivity contribution in [3.05, 3.63) is 64.2 Å². The normalized spacial score (nSPS) is 10.7. The minimum atomic E-state index is -0.553. The van der Waals surface area contributed by atoms with E-state index < -0.39 is 5.91 Å². The summed E-state index contributed by atoms with van der Waals surface area (Å²) in [6, 6.07) is 13.1. The van der Waals surface area contributed by atoms with E-state index in [0.717, 1.165) is 5.56 Å². The lowest BCUT2D eigenvalue weighted by Crippen LogP contribution is -2.13. The molecule has 1 amide bonds. The molecule has 110 valence electrons. The van der Waals surface area contributed by atoms with E-state index in [1.54, 1.807) is 12.1 Å². The summed E-state index contributed by atoms with van der Waals surface area (Å²) in [5.41, 5.74) is 7.93. The standard InChI is InChI=1S/C17H18ClNO2/c1-11(2)13-5-3-12(4-6-13)10-21-16-8-7-14(18)9-15(16)17(19)20/h3-9,11H,10H2,1-2H3,(H2,19,20). The van der Waals surface area contributed by atoms with E-state index >= 15 is 0 Å². The molecule has 3 nitrogen and oxygen atoms in total. The molecule has 0 aliphatic carbocycles. The van der Waals surface area contributed by atoms with Crippen LogP contribution in [0.4, 0.5) is 0 Å². The zero-order chi connectivity index (χ0) is 15.4. The van der Waals surface area contributed by atoms with Gasteiger partial charge in [0, 0.05) is 5.02 Å². The summed E-state index contributed by atoms with van der Waals surface area (Å²) in [7, 11) is 0. The number of ether oxygens (including phenoxy) is 1. The molecule has 0 bridgehead atoms. The molecule has 0 aliphatic heterocycles. The van der Waals surface area contributed by atoms with Gasteiger partial charge in [0.25, 0.3) is 5.91 Å². The molecule has 0 aliphatic rings. The first kappa shape index (κ1) is 15.4. The fourth-order valence-electron chi connectivity index (χ4n) is 1.98. The Bertz CT molecular complexity index is 636. The van der Waals surface area contributed by atoms with E-state index in [1.165, 1.54) is 11.6 Å². The van der Waals surface area contributed by atoms with E-state index in [4.69, 9.17) is 22.1 Å². The Morgan fingerprint density at radius 1 is 1.19 bits per heavy atom. The largest absolute Gasteiger partial charge is 0.488 e. The summed E-state index contributed by atoms with van der Waals surface area (Å²) in [6.07, 6.45) is 0. The molecule has 0 saturated heterocycles. The van der Waals surface area contributed by atoms with E-state index in [2.05, 4.69) is 26.0 Å². The van der Waals surface area contributed by atoms with Crippen LogP contribution in [0.5, 0.6) is 5.75 Å². The van der Waals surface area contributed by atoms with Crippen LogP contribution in [-0.2, 0) is 6.61 Å². The van der Waals surface area contributed by atoms with E-state index in [0.29, 0.717) is 28.9 Å². The van der Waals surface area contributed by atoms with Crippen molar-refractivity contribution in [1.82, 2.24) is 0 Å². The number of nitrogens with two attached hydrogens (primary N) is 1. The van der Waals surface area contributed by atoms with Gasteiger partial charge in [-0.1, -0.05) is 49.7 Å². The van der Waals surface area contributed by atoms with Gasteiger partial charge in [0.05, 0.1) is 5.56 Å². The molecular formula is C17H18ClNO2. The van der Waals surface area contributed by atoms with Crippen LogP contribution in [0.25, 0.3) is 0 Å². The number of halogens is 1. The van der Waals surface area contributed by atoms with Gasteiger partial charge in [0.15, 0.2) is 0 Å². The van der Waals surface area contributed by atoms with Crippen molar-refractivity contribution in [2.24, 2.45) is 5.73 Å². The highest BCUT2D eigenvalue weighted by molar-refractivity contribution is 6.31. The van der Waals surface area contributed by atoms with Gasteiger partial charge in [0.1, 0.15) is 12.4 Å². The Hall–Kier alpha value is -2.00. The first-order chi connectivity index (χ1) is 9.97. The predicted octanol–water partition coefficient (Wildman–Crippen LogP) is 4.14. The van der Waals surface area contributed by atoms with Crippen molar-refractivity contribution in [3.63, 3.8) is 0 Å². The van der Waals surface area contributed by atoms with Gasteiger partial charge in [-0.15, -0.1) is 0 Å². The first-order valence-corrected chi connectivity index (χ1v) is 7.16. The molecule has 2 rings (SSSR count). The number of primary amides is 1. The zero-order valence-corrected chi connectivity index (χ0v) is 12.9. The summed E-state index contributed by atoms with van der Waals surface area (Å²) in [6.45, 7) is 4.68. The second-order valence-corrected chi connectivity index (χ2v) is 5.63. The Labute approximate surface area is 129 Å². The van der Waals surface area contributed by atoms with Gasteiger partial charge in [-0.2, -0.15) is 0 Å². The molecule has 2 aromatic carbocycles. The Balaban J connectivity index is 2.11. The second kappa shape index (κ2) is 6.64. The Kier molecular flexibility index (Phi) is 4.86. The maximum absolute atomic E-state index is 11.4. The van der Waals surface area contributed by atoms with Crippen LogP contribution < -0.4 is 10.5 Å². The van der Waals surface area contributed by atoms with E-state index in [9.17, 15) is 4.79 Å². The summed E-state index contributed by atoms with van der Waals surface area (Å²) in [4.78, 5) is 11.4. The van der Waals surface area contributed by atoms with Gasteiger partial charge in [-0.25, -0.2) is 0 Å². The highest BCUT2D eigenvalue weighted by atomic mass is 35.5. The molecule has 0 heterocycles. The van der Waals surface area contributed by atoms with Crippen LogP contribution in [0.1, 0.15) is 41.3 Å². The molecule has 0 unspecified atom stereocenters. The lowest BCUT2D eigenvalue weighted by atomic mass is 10.0. The van der Waals surface area contributed by atoms with Gasteiger partial charge < -0.3 is 10.5 Å². The molecule has 0 atom stereocenters. The molecule has 0 aromatic heterocycles. The summed E-state index contributed by atoms with van der Waals surface area (Å²) < 4.78 is 5.68. The summed E-state index contributed by atoms with van der Waals surface area (Å²) in [5.74, 6) is 0.389. The molecule has 0 radical (unpaired) electrons. The smallest absolute Gasteiger partial charge is 0.252 e. The topological polar surface area (TPSA) is 52.3 Å². The van der Waals surface area contributed by atoms with Crippen LogP contribution in [0.15, 0.2) is 42.5 Å². The maximum Gasteiger partial charge on any atom is 0.252 e. The molecule has 2 N–H and O–H groups in total. The van der Waals surface area contributed by atoms with Crippen molar-refractivity contribution >= 4 is 17.5 Å². The van der Waals surface area contributed by atoms with Crippen LogP contribution in [-0.4, -0.2) is 5.91 Å². The number of benzene rings is 2. The highest BCUT2D eigenvalue weighted by Crippen LogP contribution is 2.24. The molecule has 0 saturated carbocycles.